The van der Waals surface area contributed by atoms with E-state index < -0.39 is 0 Å². The molecule has 0 aliphatic carbocycles. The molecule has 1 N–H and O–H groups in total. The number of halogens is 2. The third-order valence-electron chi connectivity index (χ3n) is 3.17. The van der Waals surface area contributed by atoms with Crippen molar-refractivity contribution >= 4 is 23.2 Å². The Morgan fingerprint density at radius 1 is 1.16 bits per heavy atom. The Bertz CT molecular complexity index is 377. The van der Waals surface area contributed by atoms with Crippen LogP contribution in [0.5, 0.6) is 0 Å². The highest BCUT2D eigenvalue weighted by Gasteiger charge is 2.12. The molecule has 0 saturated heterocycles. The zero-order chi connectivity index (χ0) is 14.3. The minimum Gasteiger partial charge on any atom is -0.316 e. The summed E-state index contributed by atoms with van der Waals surface area (Å²) < 4.78 is 0. The highest BCUT2D eigenvalue weighted by molar-refractivity contribution is 6.42. The summed E-state index contributed by atoms with van der Waals surface area (Å²) in [6.07, 6.45) is 3.48. The Balaban J connectivity index is 2.61. The molecule has 0 saturated carbocycles. The van der Waals surface area contributed by atoms with Gasteiger partial charge in [0.1, 0.15) is 0 Å². The van der Waals surface area contributed by atoms with Gasteiger partial charge >= 0.3 is 0 Å². The monoisotopic (exact) mass is 301 g/mol. The second-order valence-corrected chi connectivity index (χ2v) is 6.47. The quantitative estimate of drug-likeness (QED) is 0.651. The van der Waals surface area contributed by atoms with Crippen LogP contribution in [0.15, 0.2) is 18.2 Å². The second kappa shape index (κ2) is 8.84. The molecular weight excluding hydrogens is 277 g/mol. The summed E-state index contributed by atoms with van der Waals surface area (Å²) in [6, 6.07) is 5.98. The molecule has 1 atom stereocenters. The summed E-state index contributed by atoms with van der Waals surface area (Å²) in [5, 5.41) is 4.82. The second-order valence-electron chi connectivity index (χ2n) is 5.65. The van der Waals surface area contributed by atoms with E-state index >= 15 is 0 Å². The van der Waals surface area contributed by atoms with Crippen LogP contribution >= 0.6 is 23.2 Å². The van der Waals surface area contributed by atoms with Gasteiger partial charge in [-0.3, -0.25) is 0 Å². The third kappa shape index (κ3) is 6.65. The molecule has 1 aromatic carbocycles. The molecule has 1 nitrogen and oxygen atoms in total. The summed E-state index contributed by atoms with van der Waals surface area (Å²) in [5.74, 6) is 1.37. The lowest BCUT2D eigenvalue weighted by molar-refractivity contribution is 0.385. The van der Waals surface area contributed by atoms with Crippen molar-refractivity contribution in [2.24, 2.45) is 11.8 Å². The van der Waals surface area contributed by atoms with E-state index in [9.17, 15) is 0 Å². The summed E-state index contributed by atoms with van der Waals surface area (Å²) in [7, 11) is 0. The van der Waals surface area contributed by atoms with Crippen LogP contribution in [-0.2, 0) is 6.42 Å². The lowest BCUT2D eigenvalue weighted by atomic mass is 9.91. The highest BCUT2D eigenvalue weighted by atomic mass is 35.5. The highest BCUT2D eigenvalue weighted by Crippen LogP contribution is 2.25. The van der Waals surface area contributed by atoms with Crippen LogP contribution in [0, 0.1) is 11.8 Å². The molecule has 0 heterocycles. The summed E-state index contributed by atoms with van der Waals surface area (Å²) in [4.78, 5) is 0. The minimum absolute atomic E-state index is 0.634. The first-order valence-corrected chi connectivity index (χ1v) is 7.93. The molecule has 0 spiro atoms. The van der Waals surface area contributed by atoms with Crippen molar-refractivity contribution in [3.63, 3.8) is 0 Å². The number of nitrogens with one attached hydrogen (secondary N) is 1. The van der Waals surface area contributed by atoms with Crippen molar-refractivity contribution in [2.45, 2.75) is 40.0 Å². The molecule has 0 aromatic heterocycles. The maximum atomic E-state index is 6.08. The van der Waals surface area contributed by atoms with E-state index in [1.807, 2.05) is 12.1 Å². The van der Waals surface area contributed by atoms with E-state index in [1.165, 1.54) is 18.4 Å². The Labute approximate surface area is 127 Å². The van der Waals surface area contributed by atoms with Crippen LogP contribution in [-0.4, -0.2) is 13.1 Å². The summed E-state index contributed by atoms with van der Waals surface area (Å²) in [6.45, 7) is 8.93. The fraction of sp³-hybridized carbons (Fsp3) is 0.625. The van der Waals surface area contributed by atoms with Crippen LogP contribution in [0.25, 0.3) is 0 Å². The van der Waals surface area contributed by atoms with Crippen LogP contribution in [0.4, 0.5) is 0 Å². The van der Waals surface area contributed by atoms with E-state index in [0.29, 0.717) is 16.0 Å². The normalized spacial score (nSPS) is 12.9. The molecule has 0 fully saturated rings. The summed E-state index contributed by atoms with van der Waals surface area (Å²) >= 11 is 12.0. The fourth-order valence-corrected chi connectivity index (χ4v) is 2.71. The van der Waals surface area contributed by atoms with Crippen molar-refractivity contribution < 1.29 is 0 Å². The van der Waals surface area contributed by atoms with Gasteiger partial charge in [-0.05, 0) is 61.9 Å². The van der Waals surface area contributed by atoms with Gasteiger partial charge in [0.25, 0.3) is 0 Å². The van der Waals surface area contributed by atoms with E-state index in [1.54, 1.807) is 0 Å². The topological polar surface area (TPSA) is 12.0 Å². The Hall–Kier alpha value is -0.240. The summed E-state index contributed by atoms with van der Waals surface area (Å²) in [5.41, 5.74) is 1.28. The molecule has 0 amide bonds. The number of hydrogen-bond donors (Lipinski definition) is 1. The molecular formula is C16H25Cl2N. The molecule has 0 aliphatic heterocycles. The minimum atomic E-state index is 0.634. The van der Waals surface area contributed by atoms with Gasteiger partial charge in [0, 0.05) is 0 Å². The standard InChI is InChI=1S/C16H25Cl2N/c1-4-7-19-11-14(8-12(2)3)9-13-5-6-15(17)16(18)10-13/h5-6,10,12,14,19H,4,7-9,11H2,1-3H3. The van der Waals surface area contributed by atoms with Crippen molar-refractivity contribution in [3.8, 4) is 0 Å². The van der Waals surface area contributed by atoms with Crippen molar-refractivity contribution in [2.75, 3.05) is 13.1 Å². The zero-order valence-electron chi connectivity index (χ0n) is 12.2. The number of rotatable bonds is 8. The van der Waals surface area contributed by atoms with Crippen LogP contribution in [0.2, 0.25) is 10.0 Å². The van der Waals surface area contributed by atoms with E-state index in [0.717, 1.165) is 25.4 Å². The molecule has 0 radical (unpaired) electrons. The third-order valence-corrected chi connectivity index (χ3v) is 3.91. The van der Waals surface area contributed by atoms with Crippen LogP contribution < -0.4 is 5.32 Å². The van der Waals surface area contributed by atoms with Gasteiger partial charge in [-0.25, -0.2) is 0 Å². The first-order chi connectivity index (χ1) is 9.02. The predicted octanol–water partition coefficient (Wildman–Crippen LogP) is 5.20. The van der Waals surface area contributed by atoms with Crippen molar-refractivity contribution in [1.29, 1.82) is 0 Å². The lowest BCUT2D eigenvalue weighted by Gasteiger charge is -2.20. The molecule has 1 rings (SSSR count). The van der Waals surface area contributed by atoms with Gasteiger partial charge in [-0.2, -0.15) is 0 Å². The van der Waals surface area contributed by atoms with Crippen LogP contribution in [0.3, 0.4) is 0 Å². The van der Waals surface area contributed by atoms with Gasteiger partial charge in [-0.1, -0.05) is 50.0 Å². The van der Waals surface area contributed by atoms with Crippen molar-refractivity contribution in [3.05, 3.63) is 33.8 Å². The largest absolute Gasteiger partial charge is 0.316 e. The number of benzene rings is 1. The smallest absolute Gasteiger partial charge is 0.0595 e. The Morgan fingerprint density at radius 2 is 1.89 bits per heavy atom. The van der Waals surface area contributed by atoms with Gasteiger partial charge in [-0.15, -0.1) is 0 Å². The SMILES string of the molecule is CCCNCC(Cc1ccc(Cl)c(Cl)c1)CC(C)C. The van der Waals surface area contributed by atoms with E-state index in [2.05, 4.69) is 32.2 Å². The zero-order valence-corrected chi connectivity index (χ0v) is 13.7. The Morgan fingerprint density at radius 3 is 2.47 bits per heavy atom. The Kier molecular flexibility index (Phi) is 7.82. The van der Waals surface area contributed by atoms with Crippen molar-refractivity contribution in [1.82, 2.24) is 5.32 Å². The average Bonchev–Trinajstić information content (AvgIpc) is 2.33. The van der Waals surface area contributed by atoms with Gasteiger partial charge < -0.3 is 5.32 Å². The first kappa shape index (κ1) is 16.8. The molecule has 1 unspecified atom stereocenters. The van der Waals surface area contributed by atoms with Crippen LogP contribution in [0.1, 0.15) is 39.2 Å². The molecule has 108 valence electrons. The maximum absolute atomic E-state index is 6.08. The van der Waals surface area contributed by atoms with E-state index in [4.69, 9.17) is 23.2 Å². The maximum Gasteiger partial charge on any atom is 0.0595 e. The average molecular weight is 302 g/mol. The van der Waals surface area contributed by atoms with E-state index in [-0.39, 0.29) is 0 Å². The van der Waals surface area contributed by atoms with Gasteiger partial charge in [0.05, 0.1) is 10.0 Å². The number of hydrogen-bond acceptors (Lipinski definition) is 1. The first-order valence-electron chi connectivity index (χ1n) is 7.17. The molecule has 1 aromatic rings. The molecule has 3 heteroatoms. The van der Waals surface area contributed by atoms with Gasteiger partial charge in [0.2, 0.25) is 0 Å². The fourth-order valence-electron chi connectivity index (χ4n) is 2.39. The molecule has 0 bridgehead atoms. The molecule has 19 heavy (non-hydrogen) atoms. The molecule has 0 aliphatic rings. The lowest BCUT2D eigenvalue weighted by Crippen LogP contribution is -2.26. The van der Waals surface area contributed by atoms with Gasteiger partial charge in [0.15, 0.2) is 0 Å². The predicted molar refractivity (Wildman–Crippen MR) is 86.3 cm³/mol.